The van der Waals surface area contributed by atoms with Crippen LogP contribution >= 0.6 is 22.9 Å². The van der Waals surface area contributed by atoms with Gasteiger partial charge in [-0.05, 0) is 37.9 Å². The van der Waals surface area contributed by atoms with Gasteiger partial charge in [0.2, 0.25) is 4.47 Å². The second-order valence-corrected chi connectivity index (χ2v) is 5.05. The average Bonchev–Trinajstić information content (AvgIpc) is 2.68. The van der Waals surface area contributed by atoms with Crippen LogP contribution in [0.1, 0.15) is 22.0 Å². The highest BCUT2D eigenvalue weighted by molar-refractivity contribution is 7.15. The third kappa shape index (κ3) is 2.03. The number of rotatable bonds is 2. The quantitative estimate of drug-likeness (QED) is 0.812. The maximum absolute atomic E-state index is 5.72. The molecule has 2 rings (SSSR count). The zero-order chi connectivity index (χ0) is 11.0. The Morgan fingerprint density at radius 3 is 2.47 bits per heavy atom. The molecule has 2 heterocycles. The molecule has 2 aromatic heterocycles. The van der Waals surface area contributed by atoms with Gasteiger partial charge >= 0.3 is 0 Å². The molecule has 0 saturated carbocycles. The van der Waals surface area contributed by atoms with Crippen LogP contribution in [-0.2, 0) is 6.54 Å². The van der Waals surface area contributed by atoms with Gasteiger partial charge in [-0.2, -0.15) is 5.10 Å². The van der Waals surface area contributed by atoms with Gasteiger partial charge in [0.05, 0.1) is 12.2 Å². The van der Waals surface area contributed by atoms with E-state index in [0.29, 0.717) is 11.0 Å². The van der Waals surface area contributed by atoms with Crippen LogP contribution < -0.4 is 0 Å². The lowest BCUT2D eigenvalue weighted by Crippen LogP contribution is -2.03. The number of hydrogen-bond donors (Lipinski definition) is 0. The summed E-state index contributed by atoms with van der Waals surface area (Å²) in [4.78, 5) is 0. The van der Waals surface area contributed by atoms with Crippen molar-refractivity contribution < 1.29 is 0 Å². The van der Waals surface area contributed by atoms with Crippen molar-refractivity contribution in [3.63, 3.8) is 0 Å². The minimum atomic E-state index is 0.475. The molecule has 0 aliphatic rings. The van der Waals surface area contributed by atoms with E-state index in [4.69, 9.17) is 11.6 Å². The molecule has 0 fully saturated rings. The zero-order valence-electron chi connectivity index (χ0n) is 8.78. The first-order chi connectivity index (χ1) is 7.08. The lowest BCUT2D eigenvalue weighted by atomic mass is 10.2. The molecule has 15 heavy (non-hydrogen) atoms. The fourth-order valence-electron chi connectivity index (χ4n) is 1.37. The fraction of sp³-hybridized carbons (Fsp3) is 0.444. The van der Waals surface area contributed by atoms with E-state index in [1.165, 1.54) is 22.6 Å². The molecule has 0 atom stereocenters. The van der Waals surface area contributed by atoms with Crippen molar-refractivity contribution in [3.8, 4) is 0 Å². The van der Waals surface area contributed by atoms with Crippen molar-refractivity contribution in [1.29, 1.82) is 0 Å². The van der Waals surface area contributed by atoms with E-state index in [9.17, 15) is 0 Å². The number of halogens is 1. The second-order valence-electron chi connectivity index (χ2n) is 3.40. The van der Waals surface area contributed by atoms with Gasteiger partial charge in [0.25, 0.3) is 0 Å². The Morgan fingerprint density at radius 2 is 2.00 bits per heavy atom. The van der Waals surface area contributed by atoms with E-state index >= 15 is 0 Å². The van der Waals surface area contributed by atoms with Gasteiger partial charge in [-0.15, -0.1) is 10.2 Å². The van der Waals surface area contributed by atoms with Crippen LogP contribution in [0.5, 0.6) is 0 Å². The summed E-state index contributed by atoms with van der Waals surface area (Å²) in [5.41, 5.74) is 3.45. The third-order valence-electron chi connectivity index (χ3n) is 2.47. The number of aryl methyl sites for hydroxylation is 1. The van der Waals surface area contributed by atoms with E-state index in [0.717, 1.165) is 10.7 Å². The lowest BCUT2D eigenvalue weighted by molar-refractivity contribution is 0.651. The minimum Gasteiger partial charge on any atom is -0.262 e. The molecule has 0 saturated heterocycles. The average molecular weight is 243 g/mol. The first kappa shape index (κ1) is 10.6. The Bertz CT molecular complexity index is 488. The maximum atomic E-state index is 5.72. The summed E-state index contributed by atoms with van der Waals surface area (Å²) in [6, 6.07) is 0. The Balaban J connectivity index is 2.28. The van der Waals surface area contributed by atoms with Crippen LogP contribution in [-0.4, -0.2) is 20.0 Å². The molecular weight excluding hydrogens is 232 g/mol. The van der Waals surface area contributed by atoms with Crippen LogP contribution in [0.15, 0.2) is 0 Å². The molecule has 0 aromatic carbocycles. The Labute approximate surface area is 96.9 Å². The highest BCUT2D eigenvalue weighted by Crippen LogP contribution is 2.18. The maximum Gasteiger partial charge on any atom is 0.207 e. The van der Waals surface area contributed by atoms with Crippen LogP contribution in [0.4, 0.5) is 0 Å². The Kier molecular flexibility index (Phi) is 2.75. The molecule has 0 aliphatic heterocycles. The first-order valence-electron chi connectivity index (χ1n) is 4.56. The van der Waals surface area contributed by atoms with Crippen LogP contribution in [0.25, 0.3) is 0 Å². The summed E-state index contributed by atoms with van der Waals surface area (Å²) < 4.78 is 2.41. The SMILES string of the molecule is Cc1nn(Cc2nnc(Cl)s2)c(C)c1C. The smallest absolute Gasteiger partial charge is 0.207 e. The van der Waals surface area contributed by atoms with Crippen molar-refractivity contribution in [2.75, 3.05) is 0 Å². The first-order valence-corrected chi connectivity index (χ1v) is 5.76. The fourth-order valence-corrected chi connectivity index (χ4v) is 2.22. The predicted molar refractivity (Wildman–Crippen MR) is 60.5 cm³/mol. The molecule has 0 radical (unpaired) electrons. The summed E-state index contributed by atoms with van der Waals surface area (Å²) in [6.45, 7) is 6.77. The zero-order valence-corrected chi connectivity index (χ0v) is 10.4. The molecule has 0 aliphatic carbocycles. The molecule has 2 aromatic rings. The largest absolute Gasteiger partial charge is 0.262 e. The summed E-state index contributed by atoms with van der Waals surface area (Å²) in [6.07, 6.45) is 0. The number of aromatic nitrogens is 4. The van der Waals surface area contributed by atoms with Crippen molar-refractivity contribution in [1.82, 2.24) is 20.0 Å². The van der Waals surface area contributed by atoms with Gasteiger partial charge in [0.15, 0.2) is 0 Å². The highest BCUT2D eigenvalue weighted by Gasteiger charge is 2.09. The van der Waals surface area contributed by atoms with Gasteiger partial charge in [-0.3, -0.25) is 4.68 Å². The molecule has 80 valence electrons. The summed E-state index contributed by atoms with van der Waals surface area (Å²) in [7, 11) is 0. The van der Waals surface area contributed by atoms with E-state index < -0.39 is 0 Å². The van der Waals surface area contributed by atoms with E-state index in [-0.39, 0.29) is 0 Å². The molecular formula is C9H11ClN4S. The van der Waals surface area contributed by atoms with Gasteiger partial charge in [0.1, 0.15) is 5.01 Å². The van der Waals surface area contributed by atoms with Crippen molar-refractivity contribution in [2.24, 2.45) is 0 Å². The summed E-state index contributed by atoms with van der Waals surface area (Å²) in [5.74, 6) is 0. The van der Waals surface area contributed by atoms with Crippen molar-refractivity contribution >= 4 is 22.9 Å². The molecule has 4 nitrogen and oxygen atoms in total. The highest BCUT2D eigenvalue weighted by atomic mass is 35.5. The van der Waals surface area contributed by atoms with Gasteiger partial charge < -0.3 is 0 Å². The van der Waals surface area contributed by atoms with E-state index in [2.05, 4.69) is 29.1 Å². The van der Waals surface area contributed by atoms with Crippen LogP contribution in [0, 0.1) is 20.8 Å². The topological polar surface area (TPSA) is 43.6 Å². The van der Waals surface area contributed by atoms with Crippen molar-refractivity contribution in [3.05, 3.63) is 26.4 Å². The Hall–Kier alpha value is -0.940. The van der Waals surface area contributed by atoms with Gasteiger partial charge in [-0.1, -0.05) is 11.3 Å². The molecule has 0 amide bonds. The van der Waals surface area contributed by atoms with Crippen LogP contribution in [0.3, 0.4) is 0 Å². The standard InChI is InChI=1S/C9H11ClN4S/c1-5-6(2)13-14(7(5)3)4-8-11-12-9(10)15-8/h4H2,1-3H3. The Morgan fingerprint density at radius 1 is 1.27 bits per heavy atom. The molecule has 0 spiro atoms. The molecule has 0 unspecified atom stereocenters. The minimum absolute atomic E-state index is 0.475. The summed E-state index contributed by atoms with van der Waals surface area (Å²) >= 11 is 7.11. The number of nitrogens with zero attached hydrogens (tertiary/aromatic N) is 4. The molecule has 6 heteroatoms. The van der Waals surface area contributed by atoms with Crippen LogP contribution in [0.2, 0.25) is 4.47 Å². The van der Waals surface area contributed by atoms with Crippen molar-refractivity contribution in [2.45, 2.75) is 27.3 Å². The van der Waals surface area contributed by atoms with Gasteiger partial charge in [0, 0.05) is 5.69 Å². The van der Waals surface area contributed by atoms with E-state index in [1.54, 1.807) is 0 Å². The van der Waals surface area contributed by atoms with E-state index in [1.807, 2.05) is 11.6 Å². The number of hydrogen-bond acceptors (Lipinski definition) is 4. The monoisotopic (exact) mass is 242 g/mol. The second kappa shape index (κ2) is 3.90. The lowest BCUT2D eigenvalue weighted by Gasteiger charge is -2.00. The summed E-state index contributed by atoms with van der Waals surface area (Å²) in [5, 5.41) is 13.0. The third-order valence-corrected chi connectivity index (χ3v) is 3.47. The normalized spacial score (nSPS) is 10.9. The predicted octanol–water partition coefficient (Wildman–Crippen LogP) is 2.36. The molecule has 0 N–H and O–H groups in total. The molecule has 0 bridgehead atoms. The van der Waals surface area contributed by atoms with Gasteiger partial charge in [-0.25, -0.2) is 0 Å².